The molecule has 3 amide bonds. The fourth-order valence-corrected chi connectivity index (χ4v) is 10.3. The molecule has 3 heterocycles. The minimum atomic E-state index is -1.13. The second kappa shape index (κ2) is 19.3. The molecule has 68 heavy (non-hydrogen) atoms. The summed E-state index contributed by atoms with van der Waals surface area (Å²) >= 11 is 0. The Hall–Kier alpha value is -7.57. The highest BCUT2D eigenvalue weighted by Gasteiger charge is 2.44. The Bertz CT molecular complexity index is 2710. The number of halogens is 1. The summed E-state index contributed by atoms with van der Waals surface area (Å²) in [6.07, 6.45) is 1.85. The molecule has 12 heteroatoms. The molecule has 0 bridgehead atoms. The number of amides is 3. The minimum Gasteiger partial charge on any atom is -0.449 e. The summed E-state index contributed by atoms with van der Waals surface area (Å²) in [7, 11) is 0. The number of ether oxygens (including phenoxy) is 3. The van der Waals surface area contributed by atoms with Gasteiger partial charge in [-0.2, -0.15) is 0 Å². The molecule has 0 radical (unpaired) electrons. The molecule has 4 aliphatic rings. The van der Waals surface area contributed by atoms with E-state index >= 15 is 4.39 Å². The molecule has 2 fully saturated rings. The summed E-state index contributed by atoms with van der Waals surface area (Å²) < 4.78 is 32.6. The number of cyclic esters (lactones) is 1. The largest absolute Gasteiger partial charge is 0.449 e. The molecule has 10 rings (SSSR count). The van der Waals surface area contributed by atoms with E-state index in [2.05, 4.69) is 65.2 Å². The third-order valence-corrected chi connectivity index (χ3v) is 13.7. The van der Waals surface area contributed by atoms with Crippen molar-refractivity contribution < 1.29 is 33.0 Å². The topological polar surface area (TPSA) is 122 Å². The molecule has 1 aliphatic carbocycles. The number of hydrogen-bond acceptors (Lipinski definition) is 8. The summed E-state index contributed by atoms with van der Waals surface area (Å²) in [4.78, 5) is 50.0. The van der Waals surface area contributed by atoms with Crippen LogP contribution in [0.25, 0.3) is 11.1 Å². The lowest BCUT2D eigenvalue weighted by Crippen LogP contribution is -2.52. The van der Waals surface area contributed by atoms with Crippen LogP contribution < -0.4 is 20.4 Å². The normalized spacial score (nSPS) is 18.6. The lowest BCUT2D eigenvalue weighted by Gasteiger charge is -2.39. The Morgan fingerprint density at radius 3 is 1.94 bits per heavy atom. The molecule has 6 aromatic rings. The predicted octanol–water partition coefficient (Wildman–Crippen LogP) is 9.41. The van der Waals surface area contributed by atoms with Crippen LogP contribution in [0.3, 0.4) is 0 Å². The zero-order chi connectivity index (χ0) is 46.6. The van der Waals surface area contributed by atoms with Crippen LogP contribution in [0.5, 0.6) is 0 Å². The molecule has 0 spiro atoms. The second-order valence-electron chi connectivity index (χ2n) is 17.7. The molecule has 344 valence electrons. The lowest BCUT2D eigenvalue weighted by atomic mass is 9.62. The standard InChI is InChI=1S/C56H52FN5O6/c1-37(52-35-62(55(65)68-52)43-25-26-51(49(57)33-43)61-27-29-66-30-28-61)59-53(63)50(60-54(64)67-36-48-46-23-13-11-21-44(46)45-22-12-14-24-47(45)48)32-42-31-41(34-58-42)56(38-15-5-2-6-16-38,39-17-7-3-8-18-39)40-19-9-4-10-20-40/h2-26,31,33-34,37,41,48,50,52H,27-30,32,35-36H2,1H3,(H,59,63)(H,60,64)/t37-,41?,50-,52-/m0/s1. The zero-order valence-corrected chi connectivity index (χ0v) is 37.7. The van der Waals surface area contributed by atoms with Crippen LogP contribution in [0.4, 0.5) is 25.4 Å². The van der Waals surface area contributed by atoms with Crippen molar-refractivity contribution in [1.29, 1.82) is 0 Å². The van der Waals surface area contributed by atoms with E-state index in [4.69, 9.17) is 19.2 Å². The maximum absolute atomic E-state index is 15.4. The molecule has 0 aromatic heterocycles. The summed E-state index contributed by atoms with van der Waals surface area (Å²) in [5, 5.41) is 5.90. The molecule has 0 saturated carbocycles. The van der Waals surface area contributed by atoms with Crippen molar-refractivity contribution in [3.63, 3.8) is 0 Å². The van der Waals surface area contributed by atoms with Gasteiger partial charge in [0, 0.05) is 43.3 Å². The van der Waals surface area contributed by atoms with Crippen molar-refractivity contribution in [2.75, 3.05) is 49.3 Å². The third kappa shape index (κ3) is 8.63. The number of aliphatic imine (C=N–C) groups is 1. The fourth-order valence-electron chi connectivity index (χ4n) is 10.3. The van der Waals surface area contributed by atoms with Crippen molar-refractivity contribution in [1.82, 2.24) is 10.6 Å². The van der Waals surface area contributed by atoms with E-state index in [9.17, 15) is 14.4 Å². The van der Waals surface area contributed by atoms with Gasteiger partial charge in [0.25, 0.3) is 0 Å². The molecular formula is C56H52FN5O6. The minimum absolute atomic E-state index is 0.0372. The van der Waals surface area contributed by atoms with E-state index in [0.29, 0.717) is 43.4 Å². The fraction of sp³-hybridized carbons (Fsp3) is 0.250. The number of nitrogens with zero attached hydrogens (tertiary/aromatic N) is 3. The number of nitrogens with one attached hydrogen (secondary N) is 2. The Labute approximate surface area is 395 Å². The van der Waals surface area contributed by atoms with Gasteiger partial charge < -0.3 is 29.7 Å². The highest BCUT2D eigenvalue weighted by atomic mass is 19.1. The smallest absolute Gasteiger partial charge is 0.414 e. The highest BCUT2D eigenvalue weighted by molar-refractivity contribution is 5.91. The van der Waals surface area contributed by atoms with Crippen molar-refractivity contribution >= 4 is 35.7 Å². The Morgan fingerprint density at radius 1 is 0.779 bits per heavy atom. The van der Waals surface area contributed by atoms with Crippen LogP contribution in [0.2, 0.25) is 0 Å². The first kappa shape index (κ1) is 44.3. The molecule has 2 N–H and O–H groups in total. The van der Waals surface area contributed by atoms with Gasteiger partial charge in [-0.05, 0) is 64.1 Å². The summed E-state index contributed by atoms with van der Waals surface area (Å²) in [5.41, 5.74) is 8.25. The summed E-state index contributed by atoms with van der Waals surface area (Å²) in [5.74, 6) is -1.43. The summed E-state index contributed by atoms with van der Waals surface area (Å²) in [6.45, 7) is 4.02. The first-order valence-corrected chi connectivity index (χ1v) is 23.2. The van der Waals surface area contributed by atoms with E-state index in [-0.39, 0.29) is 31.4 Å². The van der Waals surface area contributed by atoms with Gasteiger partial charge in [0.2, 0.25) is 5.91 Å². The van der Waals surface area contributed by atoms with Gasteiger partial charge in [-0.15, -0.1) is 0 Å². The number of alkyl carbamates (subject to hydrolysis) is 1. The van der Waals surface area contributed by atoms with Crippen LogP contribution in [-0.4, -0.2) is 82.0 Å². The molecule has 11 nitrogen and oxygen atoms in total. The predicted molar refractivity (Wildman–Crippen MR) is 261 cm³/mol. The number of allylic oxidation sites excluding steroid dienone is 1. The number of fused-ring (bicyclic) bond motifs is 3. The number of hydrogen-bond donors (Lipinski definition) is 2. The zero-order valence-electron chi connectivity index (χ0n) is 37.7. The van der Waals surface area contributed by atoms with Gasteiger partial charge in [-0.1, -0.05) is 146 Å². The maximum Gasteiger partial charge on any atom is 0.414 e. The van der Waals surface area contributed by atoms with E-state index in [1.807, 2.05) is 102 Å². The molecule has 2 saturated heterocycles. The van der Waals surface area contributed by atoms with Crippen molar-refractivity contribution in [3.8, 4) is 11.1 Å². The van der Waals surface area contributed by atoms with Crippen LogP contribution in [0.15, 0.2) is 174 Å². The lowest BCUT2D eigenvalue weighted by molar-refractivity contribution is -0.124. The number of morpholine rings is 1. The van der Waals surface area contributed by atoms with Gasteiger partial charge in [-0.3, -0.25) is 14.7 Å². The van der Waals surface area contributed by atoms with Crippen LogP contribution in [0.1, 0.15) is 47.1 Å². The van der Waals surface area contributed by atoms with Gasteiger partial charge in [0.15, 0.2) is 0 Å². The summed E-state index contributed by atoms with van der Waals surface area (Å²) in [6, 6.07) is 50.0. The number of anilines is 2. The third-order valence-electron chi connectivity index (χ3n) is 13.7. The number of carbonyl (C=O) groups excluding carboxylic acids is 3. The van der Waals surface area contributed by atoms with Crippen molar-refractivity contribution in [2.24, 2.45) is 10.9 Å². The molecular weight excluding hydrogens is 858 g/mol. The van der Waals surface area contributed by atoms with Gasteiger partial charge >= 0.3 is 12.2 Å². The average molecular weight is 910 g/mol. The second-order valence-corrected chi connectivity index (χ2v) is 17.7. The maximum atomic E-state index is 15.4. The number of carbonyl (C=O) groups is 3. The molecule has 4 atom stereocenters. The average Bonchev–Trinajstić information content (AvgIpc) is 4.10. The van der Waals surface area contributed by atoms with E-state index < -0.39 is 47.5 Å². The van der Waals surface area contributed by atoms with E-state index in [1.54, 1.807) is 19.1 Å². The van der Waals surface area contributed by atoms with Crippen LogP contribution in [0, 0.1) is 11.7 Å². The van der Waals surface area contributed by atoms with Crippen LogP contribution in [-0.2, 0) is 24.4 Å². The van der Waals surface area contributed by atoms with Gasteiger partial charge in [0.1, 0.15) is 24.6 Å². The van der Waals surface area contributed by atoms with Crippen LogP contribution >= 0.6 is 0 Å². The first-order valence-electron chi connectivity index (χ1n) is 23.2. The van der Waals surface area contributed by atoms with E-state index in [1.165, 1.54) is 11.0 Å². The van der Waals surface area contributed by atoms with Gasteiger partial charge in [0.05, 0.1) is 42.6 Å². The Balaban J connectivity index is 0.904. The Kier molecular flexibility index (Phi) is 12.6. The molecule has 3 aliphatic heterocycles. The number of benzene rings is 6. The quantitative estimate of drug-likeness (QED) is 0.105. The molecule has 6 aromatic carbocycles. The highest BCUT2D eigenvalue weighted by Crippen LogP contribution is 2.48. The van der Waals surface area contributed by atoms with Gasteiger partial charge in [-0.25, -0.2) is 14.0 Å². The van der Waals surface area contributed by atoms with Crippen molar-refractivity contribution in [3.05, 3.63) is 203 Å². The molecule has 1 unspecified atom stereocenters. The first-order chi connectivity index (χ1) is 33.3. The SMILES string of the molecule is C[C@H](NC(=O)[C@H](CC1=CC(C(c2ccccc2)(c2ccccc2)c2ccccc2)C=N1)NC(=O)OCC1c2ccccc2-c2ccccc21)[C@@H]1CN(c2ccc(N3CCOCC3)c(F)c2)C(=O)O1. The Morgan fingerprint density at radius 2 is 1.35 bits per heavy atom. The number of rotatable bonds is 14. The monoisotopic (exact) mass is 909 g/mol. The van der Waals surface area contributed by atoms with E-state index in [0.717, 1.165) is 38.9 Å². The van der Waals surface area contributed by atoms with Crippen molar-refractivity contribution in [2.45, 2.75) is 42.9 Å².